The Balaban J connectivity index is 1.56. The van der Waals surface area contributed by atoms with E-state index >= 15 is 0 Å². The third-order valence-electron chi connectivity index (χ3n) is 3.74. The number of amides is 1. The van der Waals surface area contributed by atoms with Gasteiger partial charge in [0, 0.05) is 18.0 Å². The Morgan fingerprint density at radius 1 is 1.50 bits per heavy atom. The molecule has 2 atom stereocenters. The molecule has 2 heterocycles. The summed E-state index contributed by atoms with van der Waals surface area (Å²) in [4.78, 5) is 14.1. The van der Waals surface area contributed by atoms with Gasteiger partial charge in [0.1, 0.15) is 0 Å². The van der Waals surface area contributed by atoms with Gasteiger partial charge in [0.15, 0.2) is 0 Å². The fraction of sp³-hybridized carbons (Fsp3) is 0.500. The molecule has 0 spiro atoms. The van der Waals surface area contributed by atoms with Crippen molar-refractivity contribution in [3.63, 3.8) is 0 Å². The molecule has 4 heteroatoms. The molecule has 1 aromatic carbocycles. The summed E-state index contributed by atoms with van der Waals surface area (Å²) in [6.45, 7) is 1.49. The number of rotatable bonds is 3. The highest BCUT2D eigenvalue weighted by Crippen LogP contribution is 2.28. The van der Waals surface area contributed by atoms with Crippen LogP contribution in [0.25, 0.3) is 0 Å². The minimum absolute atomic E-state index is 0.241. The molecule has 2 aliphatic heterocycles. The second-order valence-electron chi connectivity index (χ2n) is 5.02. The van der Waals surface area contributed by atoms with Gasteiger partial charge in [0.25, 0.3) is 0 Å². The molecule has 96 valence electrons. The number of benzene rings is 1. The Bertz CT molecular complexity index is 463. The number of likely N-dealkylation sites (tertiary alicyclic amines) is 1. The number of carbonyl (C=O) groups excluding carboxylic acids is 1. The number of carbonyl (C=O) groups is 1. The molecule has 18 heavy (non-hydrogen) atoms. The molecule has 3 rings (SSSR count). The van der Waals surface area contributed by atoms with Gasteiger partial charge < -0.3 is 9.64 Å². The second-order valence-corrected chi connectivity index (χ2v) is 5.46. The van der Waals surface area contributed by atoms with Gasteiger partial charge in [-0.25, -0.2) is 0 Å². The topological polar surface area (TPSA) is 29.5 Å². The molecule has 0 saturated carbocycles. The fourth-order valence-electron chi connectivity index (χ4n) is 2.79. The molecule has 0 aromatic heterocycles. The summed E-state index contributed by atoms with van der Waals surface area (Å²) in [6.07, 6.45) is 2.62. The molecule has 3 nitrogen and oxygen atoms in total. The lowest BCUT2D eigenvalue weighted by Gasteiger charge is -2.26. The van der Waals surface area contributed by atoms with E-state index in [1.165, 1.54) is 0 Å². The van der Waals surface area contributed by atoms with E-state index in [4.69, 9.17) is 16.3 Å². The molecule has 1 amide bonds. The number of halogens is 1. The molecule has 0 radical (unpaired) electrons. The summed E-state index contributed by atoms with van der Waals surface area (Å²) in [5.41, 5.74) is 1.12. The van der Waals surface area contributed by atoms with Gasteiger partial charge in [-0.1, -0.05) is 23.7 Å². The van der Waals surface area contributed by atoms with E-state index in [1.54, 1.807) is 0 Å². The molecular formula is C14H16ClNO2. The van der Waals surface area contributed by atoms with E-state index in [9.17, 15) is 4.79 Å². The van der Waals surface area contributed by atoms with Crippen molar-refractivity contribution in [1.82, 2.24) is 4.90 Å². The van der Waals surface area contributed by atoms with Gasteiger partial charge in [-0.05, 0) is 30.5 Å². The number of hydrogen-bond donors (Lipinski definition) is 0. The Labute approximate surface area is 112 Å². The molecule has 2 bridgehead atoms. The normalized spacial score (nSPS) is 25.7. The zero-order valence-electron chi connectivity index (χ0n) is 10.1. The molecule has 2 aliphatic rings. The predicted molar refractivity (Wildman–Crippen MR) is 69.6 cm³/mol. The average molecular weight is 266 g/mol. The van der Waals surface area contributed by atoms with Crippen LogP contribution in [-0.4, -0.2) is 36.1 Å². The second kappa shape index (κ2) is 4.90. The van der Waals surface area contributed by atoms with Gasteiger partial charge >= 0.3 is 0 Å². The van der Waals surface area contributed by atoms with Gasteiger partial charge in [-0.2, -0.15) is 0 Å². The van der Waals surface area contributed by atoms with Crippen molar-refractivity contribution in [3.8, 4) is 0 Å². The molecule has 0 aliphatic carbocycles. The van der Waals surface area contributed by atoms with Gasteiger partial charge in [-0.3, -0.25) is 4.79 Å². The lowest BCUT2D eigenvalue weighted by molar-refractivity contribution is -0.135. The molecule has 0 unspecified atom stereocenters. The van der Waals surface area contributed by atoms with Crippen molar-refractivity contribution in [2.24, 2.45) is 0 Å². The van der Waals surface area contributed by atoms with Crippen molar-refractivity contribution in [1.29, 1.82) is 0 Å². The molecular weight excluding hydrogens is 250 g/mol. The van der Waals surface area contributed by atoms with Crippen LogP contribution in [0, 0.1) is 0 Å². The first-order valence-corrected chi connectivity index (χ1v) is 6.75. The SMILES string of the molecule is O=C(CCc1cccc(Cl)c1)N1C[C@H]2C[C@H]1CO2. The summed E-state index contributed by atoms with van der Waals surface area (Å²) in [6, 6.07) is 8.03. The minimum atomic E-state index is 0.241. The summed E-state index contributed by atoms with van der Waals surface area (Å²) in [5, 5.41) is 0.730. The number of ether oxygens (including phenoxy) is 1. The monoisotopic (exact) mass is 265 g/mol. The van der Waals surface area contributed by atoms with E-state index < -0.39 is 0 Å². The van der Waals surface area contributed by atoms with Crippen LogP contribution in [0.4, 0.5) is 0 Å². The van der Waals surface area contributed by atoms with Crippen LogP contribution in [0.2, 0.25) is 5.02 Å². The highest BCUT2D eigenvalue weighted by atomic mass is 35.5. The first-order chi connectivity index (χ1) is 8.72. The summed E-state index contributed by atoms with van der Waals surface area (Å²) < 4.78 is 5.50. The predicted octanol–water partition coefficient (Wildman–Crippen LogP) is 2.27. The number of morpholine rings is 1. The lowest BCUT2D eigenvalue weighted by atomic mass is 10.1. The maximum absolute atomic E-state index is 12.1. The van der Waals surface area contributed by atoms with E-state index in [2.05, 4.69) is 0 Å². The smallest absolute Gasteiger partial charge is 0.223 e. The van der Waals surface area contributed by atoms with Crippen molar-refractivity contribution in [2.45, 2.75) is 31.4 Å². The van der Waals surface area contributed by atoms with Gasteiger partial charge in [0.2, 0.25) is 5.91 Å². The standard InChI is InChI=1S/C14H16ClNO2/c15-11-3-1-2-10(6-11)4-5-14(17)16-8-13-7-12(16)9-18-13/h1-3,6,12-13H,4-5,7-9H2/t12-,13+/m0/s1. The Kier molecular flexibility index (Phi) is 3.27. The molecule has 2 fully saturated rings. The van der Waals surface area contributed by atoms with E-state index in [1.807, 2.05) is 29.2 Å². The van der Waals surface area contributed by atoms with Crippen LogP contribution < -0.4 is 0 Å². The largest absolute Gasteiger partial charge is 0.374 e. The van der Waals surface area contributed by atoms with Crippen LogP contribution in [0.15, 0.2) is 24.3 Å². The number of nitrogens with zero attached hydrogens (tertiary/aromatic N) is 1. The Morgan fingerprint density at radius 2 is 2.39 bits per heavy atom. The summed E-state index contributed by atoms with van der Waals surface area (Å²) in [7, 11) is 0. The lowest BCUT2D eigenvalue weighted by Crippen LogP contribution is -2.41. The van der Waals surface area contributed by atoms with E-state index in [0.717, 1.165) is 30.0 Å². The maximum Gasteiger partial charge on any atom is 0.223 e. The van der Waals surface area contributed by atoms with Crippen LogP contribution >= 0.6 is 11.6 Å². The molecule has 1 aromatic rings. The van der Waals surface area contributed by atoms with Crippen molar-refractivity contribution >= 4 is 17.5 Å². The highest BCUT2D eigenvalue weighted by molar-refractivity contribution is 6.30. The minimum Gasteiger partial charge on any atom is -0.374 e. The first-order valence-electron chi connectivity index (χ1n) is 6.38. The quantitative estimate of drug-likeness (QED) is 0.839. The highest BCUT2D eigenvalue weighted by Gasteiger charge is 2.40. The van der Waals surface area contributed by atoms with E-state index in [0.29, 0.717) is 19.1 Å². The Hall–Kier alpha value is -1.06. The van der Waals surface area contributed by atoms with Crippen molar-refractivity contribution in [3.05, 3.63) is 34.9 Å². The summed E-state index contributed by atoms with van der Waals surface area (Å²) >= 11 is 5.93. The average Bonchev–Trinajstić information content (AvgIpc) is 2.98. The van der Waals surface area contributed by atoms with Crippen LogP contribution in [0.3, 0.4) is 0 Å². The number of hydrogen-bond acceptors (Lipinski definition) is 2. The Morgan fingerprint density at radius 3 is 3.06 bits per heavy atom. The maximum atomic E-state index is 12.1. The third-order valence-corrected chi connectivity index (χ3v) is 3.97. The van der Waals surface area contributed by atoms with Crippen LogP contribution in [-0.2, 0) is 16.0 Å². The fourth-order valence-corrected chi connectivity index (χ4v) is 3.01. The molecule has 0 N–H and O–H groups in total. The zero-order chi connectivity index (χ0) is 12.5. The van der Waals surface area contributed by atoms with Crippen LogP contribution in [0.1, 0.15) is 18.4 Å². The zero-order valence-corrected chi connectivity index (χ0v) is 10.9. The number of aryl methyl sites for hydroxylation is 1. The summed E-state index contributed by atoms with van der Waals surface area (Å²) in [5.74, 6) is 0.241. The van der Waals surface area contributed by atoms with Crippen molar-refractivity contribution in [2.75, 3.05) is 13.2 Å². The molecule has 2 saturated heterocycles. The number of fused-ring (bicyclic) bond motifs is 2. The van der Waals surface area contributed by atoms with Gasteiger partial charge in [-0.15, -0.1) is 0 Å². The van der Waals surface area contributed by atoms with E-state index in [-0.39, 0.29) is 12.0 Å². The van der Waals surface area contributed by atoms with Gasteiger partial charge in [0.05, 0.1) is 18.8 Å². The first kappa shape index (κ1) is 12.0. The third kappa shape index (κ3) is 2.38. The van der Waals surface area contributed by atoms with Crippen LogP contribution in [0.5, 0.6) is 0 Å². The van der Waals surface area contributed by atoms with Crippen molar-refractivity contribution < 1.29 is 9.53 Å².